The molecule has 0 saturated heterocycles. The fourth-order valence-electron chi connectivity index (χ4n) is 8.42. The summed E-state index contributed by atoms with van der Waals surface area (Å²) in [6.07, 6.45) is 13.4. The molecule has 2 heteroatoms. The Kier molecular flexibility index (Phi) is 5.28. The molecule has 4 aliphatic carbocycles. The van der Waals surface area contributed by atoms with E-state index in [2.05, 4.69) is 13.8 Å². The summed E-state index contributed by atoms with van der Waals surface area (Å²) in [6.45, 7) is 9.00. The number of carbonyl (C=O) groups is 1. The van der Waals surface area contributed by atoms with E-state index < -0.39 is 5.60 Å². The molecule has 154 valence electrons. The van der Waals surface area contributed by atoms with Gasteiger partial charge in [-0.05, 0) is 118 Å². The molecule has 0 aromatic heterocycles. The zero-order valence-corrected chi connectivity index (χ0v) is 18.2. The molecule has 4 saturated carbocycles. The van der Waals surface area contributed by atoms with Gasteiger partial charge < -0.3 is 5.11 Å². The van der Waals surface area contributed by atoms with Crippen molar-refractivity contribution in [2.75, 3.05) is 0 Å². The molecule has 0 bridgehead atoms. The molecule has 4 unspecified atom stereocenters. The number of ketones is 1. The summed E-state index contributed by atoms with van der Waals surface area (Å²) in [5, 5.41) is 10.2. The lowest BCUT2D eigenvalue weighted by atomic mass is 9.49. The third kappa shape index (κ3) is 3.65. The van der Waals surface area contributed by atoms with Crippen LogP contribution in [0.5, 0.6) is 0 Å². The van der Waals surface area contributed by atoms with Gasteiger partial charge in [-0.15, -0.1) is 0 Å². The van der Waals surface area contributed by atoms with E-state index in [1.54, 1.807) is 0 Å². The van der Waals surface area contributed by atoms with Gasteiger partial charge in [-0.1, -0.05) is 13.8 Å². The molecule has 0 aromatic carbocycles. The average Bonchev–Trinajstić information content (AvgIpc) is 2.96. The van der Waals surface area contributed by atoms with Gasteiger partial charge in [-0.3, -0.25) is 4.79 Å². The number of hydrogen-bond acceptors (Lipinski definition) is 2. The summed E-state index contributed by atoms with van der Waals surface area (Å²) < 4.78 is 0. The van der Waals surface area contributed by atoms with Crippen LogP contribution in [-0.4, -0.2) is 16.5 Å². The van der Waals surface area contributed by atoms with Gasteiger partial charge in [0.05, 0.1) is 5.60 Å². The molecule has 2 nitrogen and oxygen atoms in total. The van der Waals surface area contributed by atoms with Gasteiger partial charge in [-0.25, -0.2) is 0 Å². The first-order valence-electron chi connectivity index (χ1n) is 11.9. The van der Waals surface area contributed by atoms with E-state index in [0.717, 1.165) is 67.1 Å². The van der Waals surface area contributed by atoms with Crippen LogP contribution in [0.2, 0.25) is 0 Å². The number of Topliss-reactive ketones (excluding diaryl/α,β-unsaturated/α-hetero) is 1. The summed E-state index contributed by atoms with van der Waals surface area (Å²) in [6, 6.07) is 0. The third-order valence-electron chi connectivity index (χ3n) is 9.74. The lowest BCUT2D eigenvalue weighted by molar-refractivity contribution is -0.127. The first-order chi connectivity index (χ1) is 12.7. The van der Waals surface area contributed by atoms with Crippen LogP contribution in [0.4, 0.5) is 0 Å². The second kappa shape index (κ2) is 7.15. The Balaban J connectivity index is 1.46. The lowest BCUT2D eigenvalue weighted by Gasteiger charge is -2.56. The van der Waals surface area contributed by atoms with E-state index >= 15 is 0 Å². The van der Waals surface area contributed by atoms with Crippen molar-refractivity contribution in [2.24, 2.45) is 46.8 Å². The van der Waals surface area contributed by atoms with Crippen molar-refractivity contribution in [1.29, 1.82) is 0 Å². The summed E-state index contributed by atoms with van der Waals surface area (Å²) in [5.74, 6) is 6.46. The normalized spacial score (nSPS) is 45.7. The van der Waals surface area contributed by atoms with Crippen molar-refractivity contribution >= 4 is 5.78 Å². The van der Waals surface area contributed by atoms with Crippen LogP contribution in [-0.2, 0) is 4.79 Å². The Hall–Kier alpha value is -0.370. The van der Waals surface area contributed by atoms with Gasteiger partial charge in [0.25, 0.3) is 0 Å². The van der Waals surface area contributed by atoms with Crippen LogP contribution in [0.3, 0.4) is 0 Å². The molecule has 0 radical (unpaired) electrons. The number of fused-ring (bicyclic) bond motifs is 5. The van der Waals surface area contributed by atoms with Crippen molar-refractivity contribution in [2.45, 2.75) is 104 Å². The highest BCUT2D eigenvalue weighted by atomic mass is 16.3. The minimum atomic E-state index is -0.526. The zero-order chi connectivity index (χ0) is 19.4. The van der Waals surface area contributed by atoms with E-state index in [-0.39, 0.29) is 0 Å². The van der Waals surface area contributed by atoms with Gasteiger partial charge in [-0.2, -0.15) is 0 Å². The molecule has 0 aliphatic heterocycles. The standard InChI is InChI=1S/C25H42O2/c1-16(11-13-24(2,3)27)22-9-10-23-21-7-5-17-15-18(26)6-8-19(17)20(21)12-14-25(22,23)4/h16-17,19-23,27H,5-15H2,1-4H3/t16-,17+,19+,20?,21?,22?,23?,25-/m1/s1. The topological polar surface area (TPSA) is 37.3 Å². The molecular weight excluding hydrogens is 332 g/mol. The van der Waals surface area contributed by atoms with Gasteiger partial charge in [0.2, 0.25) is 0 Å². The van der Waals surface area contributed by atoms with Gasteiger partial charge >= 0.3 is 0 Å². The molecule has 27 heavy (non-hydrogen) atoms. The second-order valence-electron chi connectivity index (χ2n) is 11.8. The van der Waals surface area contributed by atoms with E-state index in [1.807, 2.05) is 13.8 Å². The quantitative estimate of drug-likeness (QED) is 0.654. The van der Waals surface area contributed by atoms with Crippen molar-refractivity contribution in [3.63, 3.8) is 0 Å². The molecule has 0 aromatic rings. The van der Waals surface area contributed by atoms with Crippen LogP contribution >= 0.6 is 0 Å². The molecule has 0 spiro atoms. The monoisotopic (exact) mass is 374 g/mol. The Bertz CT molecular complexity index is 561. The van der Waals surface area contributed by atoms with Crippen LogP contribution < -0.4 is 0 Å². The molecule has 4 rings (SSSR count). The van der Waals surface area contributed by atoms with Gasteiger partial charge in [0.15, 0.2) is 0 Å². The highest BCUT2D eigenvalue weighted by molar-refractivity contribution is 5.79. The van der Waals surface area contributed by atoms with Crippen LogP contribution in [0, 0.1) is 46.8 Å². The van der Waals surface area contributed by atoms with Crippen molar-refractivity contribution in [3.05, 3.63) is 0 Å². The predicted molar refractivity (Wildman–Crippen MR) is 110 cm³/mol. The SMILES string of the molecule is C[C@H](CCC(C)(C)O)C1CCC2C3CC[C@H]4CC(=O)CC[C@@H]4C3CC[C@@]21C. The summed E-state index contributed by atoms with van der Waals surface area (Å²) in [5.41, 5.74) is -0.000859. The number of hydrogen-bond donors (Lipinski definition) is 1. The van der Waals surface area contributed by atoms with Crippen molar-refractivity contribution < 1.29 is 9.90 Å². The van der Waals surface area contributed by atoms with E-state index in [9.17, 15) is 9.90 Å². The fourth-order valence-corrected chi connectivity index (χ4v) is 8.42. The summed E-state index contributed by atoms with van der Waals surface area (Å²) in [4.78, 5) is 11.9. The lowest BCUT2D eigenvalue weighted by Crippen LogP contribution is -2.49. The summed E-state index contributed by atoms with van der Waals surface area (Å²) in [7, 11) is 0. The van der Waals surface area contributed by atoms with E-state index in [4.69, 9.17) is 0 Å². The van der Waals surface area contributed by atoms with Gasteiger partial charge in [0, 0.05) is 12.8 Å². The van der Waals surface area contributed by atoms with E-state index in [0.29, 0.717) is 11.2 Å². The first-order valence-corrected chi connectivity index (χ1v) is 11.9. The Labute approximate surface area is 166 Å². The Morgan fingerprint density at radius 3 is 2.59 bits per heavy atom. The molecule has 0 heterocycles. The highest BCUT2D eigenvalue weighted by Gasteiger charge is 2.57. The first kappa shape index (κ1) is 19.9. The molecule has 1 N–H and O–H groups in total. The van der Waals surface area contributed by atoms with Gasteiger partial charge in [0.1, 0.15) is 5.78 Å². The minimum Gasteiger partial charge on any atom is -0.390 e. The third-order valence-corrected chi connectivity index (χ3v) is 9.74. The predicted octanol–water partition coefficient (Wildman–Crippen LogP) is 6.01. The number of rotatable bonds is 4. The second-order valence-corrected chi connectivity index (χ2v) is 11.8. The smallest absolute Gasteiger partial charge is 0.133 e. The van der Waals surface area contributed by atoms with Crippen molar-refractivity contribution in [1.82, 2.24) is 0 Å². The maximum absolute atomic E-state index is 11.9. The van der Waals surface area contributed by atoms with Crippen LogP contribution in [0.25, 0.3) is 0 Å². The zero-order valence-electron chi connectivity index (χ0n) is 18.2. The molecule has 0 amide bonds. The maximum Gasteiger partial charge on any atom is 0.133 e. The average molecular weight is 375 g/mol. The molecular formula is C25H42O2. The number of carbonyl (C=O) groups excluding carboxylic acids is 1. The molecule has 4 aliphatic rings. The Morgan fingerprint density at radius 1 is 1.07 bits per heavy atom. The van der Waals surface area contributed by atoms with Crippen molar-refractivity contribution in [3.8, 4) is 0 Å². The highest BCUT2D eigenvalue weighted by Crippen LogP contribution is 2.65. The molecule has 8 atom stereocenters. The van der Waals surface area contributed by atoms with Crippen LogP contribution in [0.15, 0.2) is 0 Å². The largest absolute Gasteiger partial charge is 0.390 e. The molecule has 4 fully saturated rings. The fraction of sp³-hybridized carbons (Fsp3) is 0.960. The summed E-state index contributed by atoms with van der Waals surface area (Å²) >= 11 is 0. The van der Waals surface area contributed by atoms with E-state index in [1.165, 1.54) is 44.9 Å². The van der Waals surface area contributed by atoms with Crippen LogP contribution in [0.1, 0.15) is 98.3 Å². The Morgan fingerprint density at radius 2 is 1.85 bits per heavy atom. The maximum atomic E-state index is 11.9. The number of aliphatic hydroxyl groups is 1. The minimum absolute atomic E-state index is 0.525.